The van der Waals surface area contributed by atoms with Gasteiger partial charge in [-0.15, -0.1) is 0 Å². The van der Waals surface area contributed by atoms with Crippen molar-refractivity contribution in [3.05, 3.63) is 12.2 Å². The van der Waals surface area contributed by atoms with Gasteiger partial charge in [0.2, 0.25) is 23.6 Å². The molecule has 0 fully saturated rings. The molecule has 0 aliphatic carbocycles. The van der Waals surface area contributed by atoms with E-state index in [1.807, 2.05) is 20.8 Å². The Morgan fingerprint density at radius 2 is 1.38 bits per heavy atom. The topological polar surface area (TPSA) is 192 Å². The van der Waals surface area contributed by atoms with Crippen molar-refractivity contribution in [1.29, 1.82) is 0 Å². The summed E-state index contributed by atoms with van der Waals surface area (Å²) in [5.74, 6) is -5.40. The first-order valence-electron chi connectivity index (χ1n) is 13.8. The minimum atomic E-state index is -1.22. The predicted molar refractivity (Wildman–Crippen MR) is 154 cm³/mol. The number of hydrogen-bond donors (Lipinski definition) is 4. The summed E-state index contributed by atoms with van der Waals surface area (Å²) in [6.07, 6.45) is -0.384. The molecule has 5 atom stereocenters. The molecule has 0 saturated carbocycles. The lowest BCUT2D eigenvalue weighted by atomic mass is 9.98. The van der Waals surface area contributed by atoms with Gasteiger partial charge in [0.25, 0.3) is 5.91 Å². The Bertz CT molecular complexity index is 1030. The summed E-state index contributed by atoms with van der Waals surface area (Å²) >= 11 is 0. The Morgan fingerprint density at radius 3 is 1.86 bits per heavy atom. The van der Waals surface area contributed by atoms with Crippen molar-refractivity contribution in [3.8, 4) is 0 Å². The lowest BCUT2D eigenvalue weighted by molar-refractivity contribution is -0.154. The molecule has 0 aliphatic heterocycles. The van der Waals surface area contributed by atoms with Crippen molar-refractivity contribution < 1.29 is 43.4 Å². The van der Waals surface area contributed by atoms with Gasteiger partial charge in [-0.05, 0) is 39.0 Å². The molecule has 0 aromatic heterocycles. The number of ether oxygens (including phenoxy) is 1. The zero-order valence-electron chi connectivity index (χ0n) is 26.1. The molecule has 0 saturated heterocycles. The molecule has 238 valence electrons. The largest absolute Gasteiger partial charge is 0.480 e. The molecule has 42 heavy (non-hydrogen) atoms. The highest BCUT2D eigenvalue weighted by Crippen LogP contribution is 2.12. The first-order valence-corrected chi connectivity index (χ1v) is 13.8. The van der Waals surface area contributed by atoms with Gasteiger partial charge in [0.1, 0.15) is 18.1 Å². The van der Waals surface area contributed by atoms with Crippen molar-refractivity contribution in [3.63, 3.8) is 0 Å². The van der Waals surface area contributed by atoms with Gasteiger partial charge >= 0.3 is 11.9 Å². The van der Waals surface area contributed by atoms with E-state index in [9.17, 15) is 33.6 Å². The first-order chi connectivity index (χ1) is 19.3. The third kappa shape index (κ3) is 13.1. The van der Waals surface area contributed by atoms with E-state index in [1.54, 1.807) is 6.92 Å². The van der Waals surface area contributed by atoms with Crippen LogP contribution in [0.15, 0.2) is 12.2 Å². The molecular weight excluding hydrogens is 550 g/mol. The Balaban J connectivity index is 5.18. The maximum absolute atomic E-state index is 12.9. The Labute approximate surface area is 247 Å². The number of likely N-dealkylation sites (N-methyl/N-ethyl adjacent to an activating group) is 2. The van der Waals surface area contributed by atoms with E-state index < -0.39 is 78.8 Å². The molecule has 0 spiro atoms. The highest BCUT2D eigenvalue weighted by Gasteiger charge is 2.31. The fourth-order valence-electron chi connectivity index (χ4n) is 3.56. The second kappa shape index (κ2) is 17.8. The van der Waals surface area contributed by atoms with Gasteiger partial charge in [-0.3, -0.25) is 28.8 Å². The van der Waals surface area contributed by atoms with Crippen LogP contribution < -0.4 is 16.0 Å². The number of nitrogens with one attached hydrogen (secondary N) is 3. The summed E-state index contributed by atoms with van der Waals surface area (Å²) in [6.45, 7) is 14.1. The zero-order valence-corrected chi connectivity index (χ0v) is 26.1. The molecule has 0 radical (unpaired) electrons. The molecule has 5 amide bonds. The second-order valence-electron chi connectivity index (χ2n) is 11.0. The van der Waals surface area contributed by atoms with Crippen LogP contribution in [0.4, 0.5) is 0 Å². The highest BCUT2D eigenvalue weighted by molar-refractivity contribution is 5.95. The van der Waals surface area contributed by atoms with Gasteiger partial charge in [-0.1, -0.05) is 40.7 Å². The number of carboxylic acids is 1. The minimum Gasteiger partial charge on any atom is -0.480 e. The monoisotopic (exact) mass is 597 g/mol. The van der Waals surface area contributed by atoms with Gasteiger partial charge in [-0.2, -0.15) is 0 Å². The van der Waals surface area contributed by atoms with Gasteiger partial charge in [0, 0.05) is 19.7 Å². The van der Waals surface area contributed by atoms with E-state index in [2.05, 4.69) is 22.5 Å². The van der Waals surface area contributed by atoms with Crippen molar-refractivity contribution in [2.45, 2.75) is 85.5 Å². The van der Waals surface area contributed by atoms with Crippen LogP contribution in [0.2, 0.25) is 0 Å². The Kier molecular flexibility index (Phi) is 16.1. The maximum atomic E-state index is 12.9. The van der Waals surface area contributed by atoms with E-state index in [1.165, 1.54) is 34.9 Å². The van der Waals surface area contributed by atoms with Crippen molar-refractivity contribution in [2.24, 2.45) is 11.8 Å². The molecule has 0 aliphatic rings. The normalized spacial score (nSPS) is 14.3. The molecular formula is C28H47N5O9. The lowest BCUT2D eigenvalue weighted by Crippen LogP contribution is -2.55. The summed E-state index contributed by atoms with van der Waals surface area (Å²) in [5.41, 5.74) is 0.128. The summed E-state index contributed by atoms with van der Waals surface area (Å²) in [6, 6.07) is -3.22. The van der Waals surface area contributed by atoms with Crippen LogP contribution in [-0.2, 0) is 38.3 Å². The molecule has 3 unspecified atom stereocenters. The molecule has 14 nitrogen and oxygen atoms in total. The van der Waals surface area contributed by atoms with E-state index >= 15 is 0 Å². The third-order valence-electron chi connectivity index (χ3n) is 6.40. The van der Waals surface area contributed by atoms with Crippen LogP contribution in [0.3, 0.4) is 0 Å². The Morgan fingerprint density at radius 1 is 0.833 bits per heavy atom. The quantitative estimate of drug-likeness (QED) is 0.133. The smallest absolute Gasteiger partial charge is 0.333 e. The molecule has 0 rings (SSSR count). The van der Waals surface area contributed by atoms with Crippen LogP contribution in [-0.4, -0.2) is 108 Å². The first kappa shape index (κ1) is 38.0. The van der Waals surface area contributed by atoms with Gasteiger partial charge < -0.3 is 35.6 Å². The summed E-state index contributed by atoms with van der Waals surface area (Å²) < 4.78 is 5.23. The fraction of sp³-hybridized carbons (Fsp3) is 0.679. The van der Waals surface area contributed by atoms with Crippen molar-refractivity contribution in [1.82, 2.24) is 25.8 Å². The van der Waals surface area contributed by atoms with Crippen LogP contribution in [0, 0.1) is 11.8 Å². The average Bonchev–Trinajstić information content (AvgIpc) is 2.89. The molecule has 0 aromatic rings. The average molecular weight is 598 g/mol. The molecule has 4 N–H and O–H groups in total. The predicted octanol–water partition coefficient (Wildman–Crippen LogP) is 0.0621. The molecule has 14 heteroatoms. The Hall–Kier alpha value is -3.97. The zero-order chi connectivity index (χ0) is 32.9. The van der Waals surface area contributed by atoms with E-state index in [0.717, 1.165) is 9.80 Å². The SMILES string of the molecule is C=C(C)C(=O)O[C@H](CC(C)C)C(=O)NC(C)C(=O)N(C)CC(=O)N(C)CC(=O)NC(C(=O)N[C@H](C)C(=O)O)C(C)CC. The number of aliphatic carboxylic acids is 1. The van der Waals surface area contributed by atoms with E-state index in [-0.39, 0.29) is 23.8 Å². The number of hydrogen-bond acceptors (Lipinski definition) is 8. The number of amides is 5. The van der Waals surface area contributed by atoms with E-state index in [0.29, 0.717) is 6.42 Å². The number of carbonyl (C=O) groups excluding carboxylic acids is 6. The number of carbonyl (C=O) groups is 7. The molecule has 0 bridgehead atoms. The lowest BCUT2D eigenvalue weighted by Gasteiger charge is -2.27. The number of nitrogens with zero attached hydrogens (tertiary/aromatic N) is 2. The van der Waals surface area contributed by atoms with Crippen LogP contribution in [0.1, 0.15) is 61.3 Å². The van der Waals surface area contributed by atoms with Crippen molar-refractivity contribution >= 4 is 41.5 Å². The maximum Gasteiger partial charge on any atom is 0.333 e. The third-order valence-corrected chi connectivity index (χ3v) is 6.40. The fourth-order valence-corrected chi connectivity index (χ4v) is 3.56. The van der Waals surface area contributed by atoms with E-state index in [4.69, 9.17) is 9.84 Å². The minimum absolute atomic E-state index is 0.0147. The summed E-state index contributed by atoms with van der Waals surface area (Å²) in [7, 11) is 2.71. The number of esters is 1. The summed E-state index contributed by atoms with van der Waals surface area (Å²) in [4.78, 5) is 88.8. The molecule has 0 aromatic carbocycles. The highest BCUT2D eigenvalue weighted by atomic mass is 16.5. The number of carboxylic acid groups (broad SMARTS) is 1. The second-order valence-corrected chi connectivity index (χ2v) is 11.0. The standard InChI is InChI=1S/C28H47N5O9/c1-11-17(6)23(25(37)30-19(8)27(39)40)31-21(34)13-32(9)22(35)14-33(10)26(38)18(7)29-24(36)20(12-15(2)3)42-28(41)16(4)5/h15,17-20,23H,4,11-14H2,1-3,5-10H3,(H,29,36)(H,30,37)(H,31,34)(H,39,40)/t17?,18?,19-,20-,23?/m1/s1. The van der Waals surface area contributed by atoms with Crippen LogP contribution in [0.25, 0.3) is 0 Å². The van der Waals surface area contributed by atoms with Gasteiger partial charge in [-0.25, -0.2) is 4.79 Å². The molecule has 0 heterocycles. The van der Waals surface area contributed by atoms with Crippen LogP contribution >= 0.6 is 0 Å². The van der Waals surface area contributed by atoms with Crippen LogP contribution in [0.5, 0.6) is 0 Å². The number of rotatable bonds is 17. The van der Waals surface area contributed by atoms with Gasteiger partial charge in [0.05, 0.1) is 13.1 Å². The summed E-state index contributed by atoms with van der Waals surface area (Å²) in [5, 5.41) is 16.4. The van der Waals surface area contributed by atoms with Gasteiger partial charge in [0.15, 0.2) is 6.10 Å². The van der Waals surface area contributed by atoms with Crippen molar-refractivity contribution in [2.75, 3.05) is 27.2 Å².